The summed E-state index contributed by atoms with van der Waals surface area (Å²) in [6.45, 7) is 0. The zero-order valence-corrected chi connectivity index (χ0v) is 27.6. The number of para-hydroxylation sites is 5. The molecule has 3 aromatic heterocycles. The molecule has 0 aliphatic carbocycles. The maximum absolute atomic E-state index is 6.23. The van der Waals surface area contributed by atoms with Crippen LogP contribution in [0.1, 0.15) is 0 Å². The van der Waals surface area contributed by atoms with Crippen molar-refractivity contribution in [3.8, 4) is 33.6 Å². The Labute approximate surface area is 293 Å². The Bertz CT molecular complexity index is 3120. The van der Waals surface area contributed by atoms with Gasteiger partial charge in [-0.15, -0.1) is 0 Å². The molecule has 0 fully saturated rings. The van der Waals surface area contributed by atoms with E-state index < -0.39 is 0 Å². The highest BCUT2D eigenvalue weighted by atomic mass is 16.3. The molecule has 3 nitrogen and oxygen atoms in total. The Kier molecular flexibility index (Phi) is 5.96. The number of rotatable bonds is 4. The molecular weight excluding hydrogens is 621 g/mol. The van der Waals surface area contributed by atoms with Crippen molar-refractivity contribution in [3.05, 3.63) is 182 Å². The molecule has 238 valence electrons. The van der Waals surface area contributed by atoms with Gasteiger partial charge in [-0.3, -0.25) is 0 Å². The fraction of sp³-hybridized carbons (Fsp3) is 0. The molecule has 0 amide bonds. The quantitative estimate of drug-likeness (QED) is 0.186. The average Bonchev–Trinajstić information content (AvgIpc) is 3.86. The Morgan fingerprint density at radius 2 is 0.882 bits per heavy atom. The number of fused-ring (bicyclic) bond motifs is 9. The lowest BCUT2D eigenvalue weighted by molar-refractivity contribution is 0.669. The van der Waals surface area contributed by atoms with Crippen molar-refractivity contribution in [2.75, 3.05) is 0 Å². The molecule has 0 aliphatic rings. The van der Waals surface area contributed by atoms with Crippen molar-refractivity contribution in [2.45, 2.75) is 0 Å². The van der Waals surface area contributed by atoms with E-state index >= 15 is 0 Å². The van der Waals surface area contributed by atoms with Crippen LogP contribution in [-0.2, 0) is 0 Å². The van der Waals surface area contributed by atoms with E-state index in [0.29, 0.717) is 0 Å². The van der Waals surface area contributed by atoms with E-state index in [0.717, 1.165) is 38.9 Å². The average molecular weight is 651 g/mol. The zero-order chi connectivity index (χ0) is 33.5. The standard InChI is InChI=1S/C48H30N2O/c1-2-13-32(14-3-1)49-42-23-8-5-16-39(42)46-36(19-11-24-43(46)49)38-21-10-20-37-35-15-4-7-22-41(35)50(48(37)38)33-29-27-31(28-30-33)34-18-12-26-45-47(34)40-17-6-9-25-44(40)51-45/h1-30H. The molecule has 0 bridgehead atoms. The number of nitrogens with zero attached hydrogens (tertiary/aromatic N) is 2. The molecule has 0 N–H and O–H groups in total. The molecular formula is C48H30N2O. The third-order valence-corrected chi connectivity index (χ3v) is 10.5. The van der Waals surface area contributed by atoms with Crippen molar-refractivity contribution in [1.29, 1.82) is 0 Å². The zero-order valence-electron chi connectivity index (χ0n) is 27.6. The van der Waals surface area contributed by atoms with Crippen LogP contribution in [-0.4, -0.2) is 9.13 Å². The summed E-state index contributed by atoms with van der Waals surface area (Å²) >= 11 is 0. The minimum atomic E-state index is 0.910. The molecule has 0 atom stereocenters. The normalized spacial score (nSPS) is 11.9. The van der Waals surface area contributed by atoms with Gasteiger partial charge in [0.05, 0.1) is 22.1 Å². The second-order valence-corrected chi connectivity index (χ2v) is 13.3. The number of hydrogen-bond donors (Lipinski definition) is 0. The first kappa shape index (κ1) is 28.0. The Morgan fingerprint density at radius 1 is 0.314 bits per heavy atom. The van der Waals surface area contributed by atoms with Crippen LogP contribution in [0.25, 0.3) is 99.2 Å². The molecule has 0 aliphatic heterocycles. The van der Waals surface area contributed by atoms with E-state index in [1.54, 1.807) is 0 Å². The molecule has 3 heterocycles. The van der Waals surface area contributed by atoms with Crippen LogP contribution < -0.4 is 0 Å². The van der Waals surface area contributed by atoms with Gasteiger partial charge in [-0.1, -0.05) is 127 Å². The Balaban J connectivity index is 1.16. The first-order chi connectivity index (χ1) is 25.3. The third kappa shape index (κ3) is 4.06. The second kappa shape index (κ2) is 10.8. The van der Waals surface area contributed by atoms with Crippen molar-refractivity contribution in [1.82, 2.24) is 9.13 Å². The van der Waals surface area contributed by atoms with Crippen LogP contribution in [0.4, 0.5) is 0 Å². The molecule has 11 rings (SSSR count). The van der Waals surface area contributed by atoms with Crippen LogP contribution in [0, 0.1) is 0 Å². The van der Waals surface area contributed by atoms with Gasteiger partial charge in [0.25, 0.3) is 0 Å². The predicted octanol–water partition coefficient (Wildman–Crippen LogP) is 13.1. The van der Waals surface area contributed by atoms with Gasteiger partial charge in [0.1, 0.15) is 11.2 Å². The molecule has 0 radical (unpaired) electrons. The highest BCUT2D eigenvalue weighted by Crippen LogP contribution is 2.44. The maximum Gasteiger partial charge on any atom is 0.136 e. The van der Waals surface area contributed by atoms with Gasteiger partial charge < -0.3 is 13.6 Å². The van der Waals surface area contributed by atoms with E-state index in [1.165, 1.54) is 60.3 Å². The van der Waals surface area contributed by atoms with Gasteiger partial charge >= 0.3 is 0 Å². The molecule has 0 saturated heterocycles. The van der Waals surface area contributed by atoms with Crippen LogP contribution in [0.3, 0.4) is 0 Å². The monoisotopic (exact) mass is 650 g/mol. The van der Waals surface area contributed by atoms with E-state index in [2.05, 4.69) is 179 Å². The van der Waals surface area contributed by atoms with E-state index in [9.17, 15) is 0 Å². The maximum atomic E-state index is 6.23. The lowest BCUT2D eigenvalue weighted by atomic mass is 9.97. The fourth-order valence-corrected chi connectivity index (χ4v) is 8.41. The van der Waals surface area contributed by atoms with Crippen LogP contribution >= 0.6 is 0 Å². The molecule has 51 heavy (non-hydrogen) atoms. The lowest BCUT2D eigenvalue weighted by Gasteiger charge is -2.14. The number of benzene rings is 8. The third-order valence-electron chi connectivity index (χ3n) is 10.5. The topological polar surface area (TPSA) is 23.0 Å². The number of furan rings is 1. The molecule has 11 aromatic rings. The van der Waals surface area contributed by atoms with Crippen molar-refractivity contribution in [3.63, 3.8) is 0 Å². The van der Waals surface area contributed by atoms with Crippen molar-refractivity contribution >= 4 is 65.6 Å². The Hall–Kier alpha value is -6.84. The van der Waals surface area contributed by atoms with E-state index in [-0.39, 0.29) is 0 Å². The van der Waals surface area contributed by atoms with Crippen LogP contribution in [0.5, 0.6) is 0 Å². The highest BCUT2D eigenvalue weighted by molar-refractivity contribution is 6.20. The molecule has 0 spiro atoms. The first-order valence-electron chi connectivity index (χ1n) is 17.4. The van der Waals surface area contributed by atoms with Crippen molar-refractivity contribution in [2.24, 2.45) is 0 Å². The number of hydrogen-bond acceptors (Lipinski definition) is 1. The van der Waals surface area contributed by atoms with Gasteiger partial charge in [-0.2, -0.15) is 0 Å². The summed E-state index contributed by atoms with van der Waals surface area (Å²) in [5, 5.41) is 7.29. The molecule has 0 unspecified atom stereocenters. The summed E-state index contributed by atoms with van der Waals surface area (Å²) in [6.07, 6.45) is 0. The minimum absolute atomic E-state index is 0.910. The van der Waals surface area contributed by atoms with Gasteiger partial charge in [0.2, 0.25) is 0 Å². The molecule has 8 aromatic carbocycles. The first-order valence-corrected chi connectivity index (χ1v) is 17.4. The largest absolute Gasteiger partial charge is 0.456 e. The van der Waals surface area contributed by atoms with Gasteiger partial charge in [-0.25, -0.2) is 0 Å². The predicted molar refractivity (Wildman–Crippen MR) is 213 cm³/mol. The van der Waals surface area contributed by atoms with Gasteiger partial charge in [-0.05, 0) is 71.3 Å². The summed E-state index contributed by atoms with van der Waals surface area (Å²) in [6, 6.07) is 65.5. The minimum Gasteiger partial charge on any atom is -0.456 e. The summed E-state index contributed by atoms with van der Waals surface area (Å²) in [4.78, 5) is 0. The molecule has 3 heteroatoms. The summed E-state index contributed by atoms with van der Waals surface area (Å²) in [5.74, 6) is 0. The van der Waals surface area contributed by atoms with Gasteiger partial charge in [0, 0.05) is 49.3 Å². The second-order valence-electron chi connectivity index (χ2n) is 13.3. The van der Waals surface area contributed by atoms with Crippen molar-refractivity contribution < 1.29 is 4.42 Å². The lowest BCUT2D eigenvalue weighted by Crippen LogP contribution is -1.96. The van der Waals surface area contributed by atoms with E-state index in [1.807, 2.05) is 12.1 Å². The van der Waals surface area contributed by atoms with Gasteiger partial charge in [0.15, 0.2) is 0 Å². The fourth-order valence-electron chi connectivity index (χ4n) is 8.41. The number of aromatic nitrogens is 2. The summed E-state index contributed by atoms with van der Waals surface area (Å²) < 4.78 is 11.1. The summed E-state index contributed by atoms with van der Waals surface area (Å²) in [7, 11) is 0. The SMILES string of the molecule is c1ccc(-n2c3ccccc3c3c(-c4cccc5c6ccccc6n(-c6ccc(-c7cccc8oc9ccccc9c78)cc6)c45)cccc32)cc1. The summed E-state index contributed by atoms with van der Waals surface area (Å²) in [5.41, 5.74) is 13.7. The Morgan fingerprint density at radius 3 is 1.73 bits per heavy atom. The van der Waals surface area contributed by atoms with E-state index in [4.69, 9.17) is 4.42 Å². The smallest absolute Gasteiger partial charge is 0.136 e. The van der Waals surface area contributed by atoms with Crippen LogP contribution in [0.2, 0.25) is 0 Å². The molecule has 0 saturated carbocycles. The highest BCUT2D eigenvalue weighted by Gasteiger charge is 2.21. The van der Waals surface area contributed by atoms with Crippen LogP contribution in [0.15, 0.2) is 186 Å².